The Bertz CT molecular complexity index is 2380. The number of ketones is 1. The van der Waals surface area contributed by atoms with Crippen molar-refractivity contribution in [1.29, 1.82) is 0 Å². The third-order valence-corrected chi connectivity index (χ3v) is 13.7. The summed E-state index contributed by atoms with van der Waals surface area (Å²) in [7, 11) is 0. The predicted molar refractivity (Wildman–Crippen MR) is 228 cm³/mol. The number of aliphatic hydroxyl groups is 2. The van der Waals surface area contributed by atoms with Gasteiger partial charge in [0, 0.05) is 27.9 Å². The van der Waals surface area contributed by atoms with Gasteiger partial charge in [-0.1, -0.05) is 110 Å². The quantitative estimate of drug-likeness (QED) is 0.112. The molecule has 3 aliphatic rings. The Morgan fingerprint density at radius 3 is 2.43 bits per heavy atom. The summed E-state index contributed by atoms with van der Waals surface area (Å²) in [6.45, 7) is 4.73. The van der Waals surface area contributed by atoms with Gasteiger partial charge in [0.1, 0.15) is 0 Å². The van der Waals surface area contributed by atoms with Gasteiger partial charge in [-0.25, -0.2) is 4.79 Å². The Balaban J connectivity index is 1.21. The van der Waals surface area contributed by atoms with Crippen LogP contribution < -0.4 is 5.32 Å². The van der Waals surface area contributed by atoms with Crippen LogP contribution in [0.4, 0.5) is 10.5 Å². The van der Waals surface area contributed by atoms with Crippen molar-refractivity contribution in [1.82, 2.24) is 4.90 Å². The zero-order valence-corrected chi connectivity index (χ0v) is 33.0. The molecule has 6 aromatic rings. The van der Waals surface area contributed by atoms with Crippen molar-refractivity contribution in [2.24, 2.45) is 5.41 Å². The number of urea groups is 1. The van der Waals surface area contributed by atoms with E-state index in [1.807, 2.05) is 84.9 Å². The smallest absolute Gasteiger partial charge is 0.322 e. The first-order valence-electron chi connectivity index (χ1n) is 19.9. The van der Waals surface area contributed by atoms with E-state index < -0.39 is 17.1 Å². The highest BCUT2D eigenvalue weighted by Gasteiger charge is 2.57. The second kappa shape index (κ2) is 15.8. The summed E-state index contributed by atoms with van der Waals surface area (Å²) in [4.78, 5) is 31.6. The number of aliphatic hydroxyl groups excluding tert-OH is 1. The highest BCUT2D eigenvalue weighted by atomic mass is 32.1. The number of allylic oxidation sites excluding steroid dienone is 2. The SMILES string of the molecule is CC1=CCCC2(C)C(CCC2(O)CN(Cc2cccc3ccccc23)C(=O)Nc2ccccc2)c2ccc(cc2C(=O)c2cc3ccccc3s2)CC(O)CC1. The topological polar surface area (TPSA) is 89.9 Å². The molecule has 0 radical (unpaired) electrons. The molecule has 1 heterocycles. The van der Waals surface area contributed by atoms with E-state index in [2.05, 4.69) is 61.6 Å². The number of nitrogens with one attached hydrogen (secondary N) is 1. The van der Waals surface area contributed by atoms with Crippen LogP contribution in [0.2, 0.25) is 0 Å². The van der Waals surface area contributed by atoms with Crippen molar-refractivity contribution in [3.05, 3.63) is 160 Å². The van der Waals surface area contributed by atoms with Gasteiger partial charge in [-0.3, -0.25) is 4.79 Å². The molecular weight excluding hydrogens is 713 g/mol. The van der Waals surface area contributed by atoms with Crippen LogP contribution in [-0.4, -0.2) is 45.2 Å². The number of amides is 2. The minimum Gasteiger partial charge on any atom is -0.393 e. The van der Waals surface area contributed by atoms with Crippen molar-refractivity contribution >= 4 is 49.7 Å². The zero-order valence-electron chi connectivity index (χ0n) is 32.2. The van der Waals surface area contributed by atoms with Crippen LogP contribution in [0, 0.1) is 5.41 Å². The normalized spacial score (nSPS) is 22.7. The first-order chi connectivity index (χ1) is 27.1. The first kappa shape index (κ1) is 37.8. The average Bonchev–Trinajstić information content (AvgIpc) is 3.75. The van der Waals surface area contributed by atoms with Crippen molar-refractivity contribution in [3.8, 4) is 0 Å². The maximum Gasteiger partial charge on any atom is 0.322 e. The lowest BCUT2D eigenvalue weighted by molar-refractivity contribution is -0.0773. The molecule has 2 bridgehead atoms. The van der Waals surface area contributed by atoms with E-state index in [1.54, 1.807) is 4.90 Å². The summed E-state index contributed by atoms with van der Waals surface area (Å²) >= 11 is 1.51. The van der Waals surface area contributed by atoms with Crippen molar-refractivity contribution in [3.63, 3.8) is 0 Å². The van der Waals surface area contributed by atoms with Gasteiger partial charge in [0.25, 0.3) is 0 Å². The maximum atomic E-state index is 14.7. The third-order valence-electron chi connectivity index (χ3n) is 12.6. The molecule has 3 N–H and O–H groups in total. The first-order valence-corrected chi connectivity index (χ1v) is 20.7. The van der Waals surface area contributed by atoms with Crippen LogP contribution in [0.5, 0.6) is 0 Å². The Morgan fingerprint density at radius 1 is 0.857 bits per heavy atom. The number of fused-ring (bicyclic) bond motifs is 10. The van der Waals surface area contributed by atoms with Gasteiger partial charge in [0.2, 0.25) is 5.78 Å². The van der Waals surface area contributed by atoms with Gasteiger partial charge in [-0.15, -0.1) is 11.3 Å². The predicted octanol–water partition coefficient (Wildman–Crippen LogP) is 11.1. The number of thiophene rings is 1. The number of benzene rings is 5. The van der Waals surface area contributed by atoms with Crippen LogP contribution in [0.1, 0.15) is 90.2 Å². The van der Waals surface area contributed by atoms with Crippen LogP contribution in [0.3, 0.4) is 0 Å². The van der Waals surface area contributed by atoms with Gasteiger partial charge >= 0.3 is 6.03 Å². The molecule has 4 atom stereocenters. The van der Waals surface area contributed by atoms with E-state index in [0.717, 1.165) is 50.4 Å². The van der Waals surface area contributed by atoms with E-state index in [4.69, 9.17) is 0 Å². The van der Waals surface area contributed by atoms with Gasteiger partial charge in [-0.05, 0) is 121 Å². The van der Waals surface area contributed by atoms with Crippen molar-refractivity contribution in [2.45, 2.75) is 83.0 Å². The molecule has 0 saturated heterocycles. The molecule has 286 valence electrons. The number of rotatable bonds is 7. The monoisotopic (exact) mass is 762 g/mol. The third kappa shape index (κ3) is 7.56. The summed E-state index contributed by atoms with van der Waals surface area (Å²) in [6, 6.07) is 39.8. The second-order valence-corrected chi connectivity index (χ2v) is 17.3. The minimum atomic E-state index is -1.28. The Hall–Kier alpha value is -5.08. The van der Waals surface area contributed by atoms with E-state index in [0.29, 0.717) is 54.8 Å². The van der Waals surface area contributed by atoms with Crippen molar-refractivity contribution in [2.75, 3.05) is 11.9 Å². The lowest BCUT2D eigenvalue weighted by atomic mass is 9.64. The van der Waals surface area contributed by atoms with E-state index in [9.17, 15) is 19.8 Å². The fourth-order valence-electron chi connectivity index (χ4n) is 9.30. The van der Waals surface area contributed by atoms with E-state index in [1.165, 1.54) is 16.9 Å². The number of carbonyl (C=O) groups excluding carboxylic acids is 2. The lowest BCUT2D eigenvalue weighted by Gasteiger charge is -2.46. The molecule has 4 unspecified atom stereocenters. The lowest BCUT2D eigenvalue weighted by Crippen LogP contribution is -2.54. The largest absolute Gasteiger partial charge is 0.393 e. The van der Waals surface area contributed by atoms with Crippen LogP contribution >= 0.6 is 11.3 Å². The number of para-hydroxylation sites is 1. The molecule has 1 saturated carbocycles. The zero-order chi connectivity index (χ0) is 38.9. The maximum absolute atomic E-state index is 14.7. The molecule has 2 amide bonds. The van der Waals surface area contributed by atoms with Gasteiger partial charge in [-0.2, -0.15) is 0 Å². The second-order valence-electron chi connectivity index (χ2n) is 16.2. The molecule has 0 aliphatic heterocycles. The molecule has 6 nitrogen and oxygen atoms in total. The number of carbonyl (C=O) groups is 2. The summed E-state index contributed by atoms with van der Waals surface area (Å²) in [6.07, 6.45) is 6.12. The van der Waals surface area contributed by atoms with Gasteiger partial charge in [0.15, 0.2) is 0 Å². The van der Waals surface area contributed by atoms with Gasteiger partial charge in [0.05, 0.1) is 23.1 Å². The van der Waals surface area contributed by atoms with Crippen LogP contribution in [0.15, 0.2) is 133 Å². The van der Waals surface area contributed by atoms with Crippen molar-refractivity contribution < 1.29 is 19.8 Å². The number of nitrogens with zero attached hydrogens (tertiary/aromatic N) is 1. The summed E-state index contributed by atoms with van der Waals surface area (Å²) in [5, 5.41) is 30.7. The Labute approximate surface area is 333 Å². The number of hydrogen-bond donors (Lipinski definition) is 3. The van der Waals surface area contributed by atoms with Gasteiger partial charge < -0.3 is 20.4 Å². The molecule has 0 spiro atoms. The summed E-state index contributed by atoms with van der Waals surface area (Å²) in [5.41, 5.74) is 3.44. The highest BCUT2D eigenvalue weighted by molar-refractivity contribution is 7.21. The molecule has 5 aromatic carbocycles. The standard InChI is InChI=1S/C49H50N2O4S/c1-33-12-11-26-48(2)43(41-24-22-34(28-39(52)23-21-33)29-42(41)46(53)45-30-36-14-7-9-20-44(36)56-45)25-27-49(48,55)32-51(47(54)50-38-17-4-3-5-18-38)31-37-16-10-15-35-13-6-8-19-40(35)37/h3-10,12-20,22,24,29-30,39,43,52,55H,11,21,23,25-28,31-32H2,1-2H3,(H,50,54). The van der Waals surface area contributed by atoms with E-state index >= 15 is 0 Å². The Kier molecular flexibility index (Phi) is 10.7. The summed E-state index contributed by atoms with van der Waals surface area (Å²) in [5.74, 6) is -0.189. The Morgan fingerprint density at radius 2 is 1.61 bits per heavy atom. The van der Waals surface area contributed by atoms with Crippen LogP contribution in [-0.2, 0) is 13.0 Å². The molecule has 7 heteroatoms. The fourth-order valence-corrected chi connectivity index (χ4v) is 10.3. The number of hydrogen-bond acceptors (Lipinski definition) is 5. The number of anilines is 1. The highest BCUT2D eigenvalue weighted by Crippen LogP contribution is 2.59. The average molecular weight is 763 g/mol. The molecule has 1 fully saturated rings. The molecular formula is C49H50N2O4S. The minimum absolute atomic E-state index is 0.0296. The molecule has 3 aliphatic carbocycles. The molecule has 56 heavy (non-hydrogen) atoms. The molecule has 9 rings (SSSR count). The molecule has 1 aromatic heterocycles. The van der Waals surface area contributed by atoms with Crippen LogP contribution in [0.25, 0.3) is 20.9 Å². The van der Waals surface area contributed by atoms with E-state index in [-0.39, 0.29) is 24.3 Å². The fraction of sp³-hybridized carbons (Fsp3) is 0.306. The summed E-state index contributed by atoms with van der Waals surface area (Å²) < 4.78 is 1.06.